The number of hydrogen-bond acceptors (Lipinski definition) is 2. The number of aryl methyl sites for hydroxylation is 2. The summed E-state index contributed by atoms with van der Waals surface area (Å²) in [4.78, 5) is 2.43. The van der Waals surface area contributed by atoms with Gasteiger partial charge in [0.15, 0.2) is 0 Å². The van der Waals surface area contributed by atoms with Gasteiger partial charge in [-0.25, -0.2) is 4.39 Å². The lowest BCUT2D eigenvalue weighted by molar-refractivity contribution is 0.181. The molecule has 1 heterocycles. The summed E-state index contributed by atoms with van der Waals surface area (Å²) in [5, 5.41) is 0. The largest absolute Gasteiger partial charge is 0.327 e. The molecule has 23 heavy (non-hydrogen) atoms. The molecule has 1 aliphatic rings. The molecule has 122 valence electrons. The van der Waals surface area contributed by atoms with Crippen LogP contribution in [0.3, 0.4) is 0 Å². The second-order valence-electron chi connectivity index (χ2n) is 6.87. The van der Waals surface area contributed by atoms with Crippen LogP contribution in [0.2, 0.25) is 0 Å². The molecule has 0 spiro atoms. The van der Waals surface area contributed by atoms with Crippen molar-refractivity contribution in [3.8, 4) is 0 Å². The molecule has 2 unspecified atom stereocenters. The van der Waals surface area contributed by atoms with Gasteiger partial charge in [0.1, 0.15) is 5.82 Å². The van der Waals surface area contributed by atoms with E-state index in [-0.39, 0.29) is 11.9 Å². The van der Waals surface area contributed by atoms with Gasteiger partial charge in [0.05, 0.1) is 0 Å². The molecule has 3 heteroatoms. The first kappa shape index (κ1) is 16.2. The first-order valence-electron chi connectivity index (χ1n) is 8.31. The van der Waals surface area contributed by atoms with E-state index in [9.17, 15) is 4.39 Å². The van der Waals surface area contributed by atoms with Gasteiger partial charge in [-0.1, -0.05) is 35.9 Å². The van der Waals surface area contributed by atoms with Gasteiger partial charge in [0.2, 0.25) is 0 Å². The summed E-state index contributed by atoms with van der Waals surface area (Å²) in [6, 6.07) is 13.7. The number of hydrogen-bond donors (Lipinski definition) is 1. The summed E-state index contributed by atoms with van der Waals surface area (Å²) < 4.78 is 13.1. The quantitative estimate of drug-likeness (QED) is 0.935. The number of piperidine rings is 1. The van der Waals surface area contributed by atoms with Crippen LogP contribution in [0.4, 0.5) is 4.39 Å². The van der Waals surface area contributed by atoms with Gasteiger partial charge in [0.25, 0.3) is 0 Å². The van der Waals surface area contributed by atoms with Gasteiger partial charge < -0.3 is 5.73 Å². The van der Waals surface area contributed by atoms with Crippen molar-refractivity contribution in [1.82, 2.24) is 4.90 Å². The van der Waals surface area contributed by atoms with Crippen LogP contribution in [0, 0.1) is 19.7 Å². The van der Waals surface area contributed by atoms with Crippen molar-refractivity contribution < 1.29 is 4.39 Å². The minimum Gasteiger partial charge on any atom is -0.327 e. The molecule has 1 aliphatic heterocycles. The average molecular weight is 312 g/mol. The minimum atomic E-state index is -0.180. The van der Waals surface area contributed by atoms with E-state index in [1.807, 2.05) is 12.1 Å². The zero-order valence-corrected chi connectivity index (χ0v) is 13.9. The molecular formula is C20H25FN2. The molecule has 0 radical (unpaired) electrons. The van der Waals surface area contributed by atoms with Crippen molar-refractivity contribution in [2.75, 3.05) is 13.1 Å². The van der Waals surface area contributed by atoms with Gasteiger partial charge >= 0.3 is 0 Å². The van der Waals surface area contributed by atoms with Crippen LogP contribution in [0.5, 0.6) is 0 Å². The van der Waals surface area contributed by atoms with E-state index >= 15 is 0 Å². The molecule has 2 aromatic carbocycles. The summed E-state index contributed by atoms with van der Waals surface area (Å²) in [5.74, 6) is 0.200. The smallest absolute Gasteiger partial charge is 0.123 e. The number of nitrogens with two attached hydrogens (primary N) is 1. The summed E-state index contributed by atoms with van der Waals surface area (Å²) >= 11 is 0. The van der Waals surface area contributed by atoms with E-state index in [0.717, 1.165) is 26.1 Å². The Morgan fingerprint density at radius 2 is 1.83 bits per heavy atom. The first-order valence-corrected chi connectivity index (χ1v) is 8.31. The number of nitrogens with zero attached hydrogens (tertiary/aromatic N) is 1. The third kappa shape index (κ3) is 3.98. The third-order valence-electron chi connectivity index (χ3n) is 4.79. The molecule has 0 amide bonds. The number of halogens is 1. The van der Waals surface area contributed by atoms with Crippen LogP contribution in [0.1, 0.15) is 34.6 Å². The van der Waals surface area contributed by atoms with Crippen molar-refractivity contribution >= 4 is 0 Å². The minimum absolute atomic E-state index is 0.171. The highest BCUT2D eigenvalue weighted by Gasteiger charge is 2.26. The molecule has 0 aromatic heterocycles. The van der Waals surface area contributed by atoms with Crippen molar-refractivity contribution in [3.05, 3.63) is 70.5 Å². The molecule has 2 atom stereocenters. The fourth-order valence-corrected chi connectivity index (χ4v) is 3.60. The van der Waals surface area contributed by atoms with Crippen molar-refractivity contribution in [1.29, 1.82) is 0 Å². The Morgan fingerprint density at radius 3 is 2.52 bits per heavy atom. The van der Waals surface area contributed by atoms with Crippen LogP contribution >= 0.6 is 0 Å². The standard InChI is InChI=1S/C20H25FN2/c1-14-3-4-17(15(2)9-14)11-23-12-18(10-20(22)13-23)16-5-7-19(21)8-6-16/h3-9,18,20H,10-13,22H2,1-2H3. The predicted molar refractivity (Wildman–Crippen MR) is 92.9 cm³/mol. The molecule has 1 saturated heterocycles. The van der Waals surface area contributed by atoms with E-state index in [1.165, 1.54) is 22.3 Å². The van der Waals surface area contributed by atoms with Crippen LogP contribution < -0.4 is 5.73 Å². The summed E-state index contributed by atoms with van der Waals surface area (Å²) in [6.07, 6.45) is 0.967. The lowest BCUT2D eigenvalue weighted by Gasteiger charge is -2.37. The second kappa shape index (κ2) is 6.81. The molecule has 1 fully saturated rings. The summed E-state index contributed by atoms with van der Waals surface area (Å²) in [7, 11) is 0. The Balaban J connectivity index is 1.74. The van der Waals surface area contributed by atoms with Gasteiger partial charge in [-0.05, 0) is 55.0 Å². The maximum atomic E-state index is 13.1. The van der Waals surface area contributed by atoms with Crippen LogP contribution in [0.25, 0.3) is 0 Å². The second-order valence-corrected chi connectivity index (χ2v) is 6.87. The zero-order chi connectivity index (χ0) is 16.4. The van der Waals surface area contributed by atoms with Gasteiger partial charge in [-0.2, -0.15) is 0 Å². The molecular weight excluding hydrogens is 287 g/mol. The SMILES string of the molecule is Cc1ccc(CN2CC(N)CC(c3ccc(F)cc3)C2)c(C)c1. The Kier molecular flexibility index (Phi) is 4.79. The Hall–Kier alpha value is -1.71. The van der Waals surface area contributed by atoms with E-state index in [0.29, 0.717) is 5.92 Å². The molecule has 2 aromatic rings. The van der Waals surface area contributed by atoms with E-state index in [1.54, 1.807) is 12.1 Å². The van der Waals surface area contributed by atoms with Crippen LogP contribution in [0.15, 0.2) is 42.5 Å². The van der Waals surface area contributed by atoms with Gasteiger partial charge in [-0.15, -0.1) is 0 Å². The Morgan fingerprint density at radius 1 is 1.09 bits per heavy atom. The lowest BCUT2D eigenvalue weighted by Crippen LogP contribution is -2.45. The normalized spacial score (nSPS) is 22.3. The molecule has 3 rings (SSSR count). The Labute approximate surface area is 138 Å². The Bertz CT molecular complexity index is 666. The molecule has 0 saturated carbocycles. The van der Waals surface area contributed by atoms with E-state index in [2.05, 4.69) is 36.9 Å². The molecule has 2 nitrogen and oxygen atoms in total. The van der Waals surface area contributed by atoms with Crippen molar-refractivity contribution in [2.45, 2.75) is 38.8 Å². The summed E-state index contributed by atoms with van der Waals surface area (Å²) in [6.45, 7) is 7.12. The first-order chi connectivity index (χ1) is 11.0. The van der Waals surface area contributed by atoms with Crippen LogP contribution in [-0.2, 0) is 6.54 Å². The molecule has 2 N–H and O–H groups in total. The van der Waals surface area contributed by atoms with Crippen molar-refractivity contribution in [2.24, 2.45) is 5.73 Å². The maximum absolute atomic E-state index is 13.1. The highest BCUT2D eigenvalue weighted by Crippen LogP contribution is 2.28. The molecule has 0 bridgehead atoms. The molecule has 0 aliphatic carbocycles. The highest BCUT2D eigenvalue weighted by molar-refractivity contribution is 5.30. The third-order valence-corrected chi connectivity index (χ3v) is 4.79. The van der Waals surface area contributed by atoms with Gasteiger partial charge in [-0.3, -0.25) is 4.90 Å². The maximum Gasteiger partial charge on any atom is 0.123 e. The number of likely N-dealkylation sites (tertiary alicyclic amines) is 1. The highest BCUT2D eigenvalue weighted by atomic mass is 19.1. The van der Waals surface area contributed by atoms with E-state index < -0.39 is 0 Å². The average Bonchev–Trinajstić information content (AvgIpc) is 2.50. The lowest BCUT2D eigenvalue weighted by atomic mass is 9.88. The topological polar surface area (TPSA) is 29.3 Å². The van der Waals surface area contributed by atoms with Crippen molar-refractivity contribution in [3.63, 3.8) is 0 Å². The zero-order valence-electron chi connectivity index (χ0n) is 13.9. The van der Waals surface area contributed by atoms with Crippen LogP contribution in [-0.4, -0.2) is 24.0 Å². The fourth-order valence-electron chi connectivity index (χ4n) is 3.60. The fraction of sp³-hybridized carbons (Fsp3) is 0.400. The van der Waals surface area contributed by atoms with E-state index in [4.69, 9.17) is 5.73 Å². The number of rotatable bonds is 3. The summed E-state index contributed by atoms with van der Waals surface area (Å²) in [5.41, 5.74) is 11.5. The monoisotopic (exact) mass is 312 g/mol. The predicted octanol–water partition coefficient (Wildman–Crippen LogP) is 3.76. The van der Waals surface area contributed by atoms with Gasteiger partial charge in [0, 0.05) is 25.7 Å². The number of benzene rings is 2.